The normalized spacial score (nSPS) is 12.1. The number of nitrogen functional groups attached to an aromatic ring is 1. The number of nitrogens with zero attached hydrogens (tertiary/aromatic N) is 2. The van der Waals surface area contributed by atoms with Crippen LogP contribution in [0.2, 0.25) is 0 Å². The van der Waals surface area contributed by atoms with Gasteiger partial charge in [0.05, 0.1) is 7.11 Å². The highest BCUT2D eigenvalue weighted by atomic mass is 32.2. The van der Waals surface area contributed by atoms with Crippen molar-refractivity contribution >= 4 is 22.6 Å². The van der Waals surface area contributed by atoms with E-state index in [1.807, 2.05) is 0 Å². The summed E-state index contributed by atoms with van der Waals surface area (Å²) < 4.78 is 15.8. The van der Waals surface area contributed by atoms with Crippen molar-refractivity contribution in [3.8, 4) is 5.88 Å². The van der Waals surface area contributed by atoms with Gasteiger partial charge in [-0.3, -0.25) is 4.21 Å². The van der Waals surface area contributed by atoms with Crippen LogP contribution in [0.25, 0.3) is 0 Å². The molecule has 1 unspecified atom stereocenters. The van der Waals surface area contributed by atoms with E-state index in [0.717, 1.165) is 6.42 Å². The number of ether oxygens (including phenoxy) is 1. The molecule has 0 saturated heterocycles. The van der Waals surface area contributed by atoms with Crippen LogP contribution in [0, 0.1) is 0 Å². The Hall–Kier alpha value is -1.37. The largest absolute Gasteiger partial charge is 0.481 e. The van der Waals surface area contributed by atoms with Crippen molar-refractivity contribution < 1.29 is 8.95 Å². The van der Waals surface area contributed by atoms with Gasteiger partial charge >= 0.3 is 0 Å². The van der Waals surface area contributed by atoms with Gasteiger partial charge in [0.25, 0.3) is 0 Å². The molecule has 0 spiro atoms. The molecule has 0 amide bonds. The van der Waals surface area contributed by atoms with Crippen molar-refractivity contribution in [2.45, 2.75) is 6.42 Å². The predicted octanol–water partition coefficient (Wildman–Crippen LogP) is 0.248. The van der Waals surface area contributed by atoms with Crippen LogP contribution in [-0.2, 0) is 10.8 Å². The molecule has 0 aromatic carbocycles. The lowest BCUT2D eigenvalue weighted by atomic mass is 10.4. The summed E-state index contributed by atoms with van der Waals surface area (Å²) in [5.74, 6) is 1.88. The van der Waals surface area contributed by atoms with Gasteiger partial charge in [-0.2, -0.15) is 9.97 Å². The molecular weight excluding hydrogens is 228 g/mol. The lowest BCUT2D eigenvalue weighted by Gasteiger charge is -2.06. The quantitative estimate of drug-likeness (QED) is 0.697. The predicted molar refractivity (Wildman–Crippen MR) is 65.0 cm³/mol. The van der Waals surface area contributed by atoms with E-state index in [1.165, 1.54) is 7.11 Å². The minimum absolute atomic E-state index is 0.168. The second-order valence-corrected chi connectivity index (χ2v) is 4.77. The van der Waals surface area contributed by atoms with E-state index in [2.05, 4.69) is 15.3 Å². The Labute approximate surface area is 97.1 Å². The van der Waals surface area contributed by atoms with Crippen LogP contribution in [0.15, 0.2) is 6.07 Å². The Kier molecular flexibility index (Phi) is 4.97. The van der Waals surface area contributed by atoms with Crippen molar-refractivity contribution in [3.05, 3.63) is 6.07 Å². The SMILES string of the molecule is COc1cc(NCCCS(C)=O)nc(N)n1. The van der Waals surface area contributed by atoms with Crippen LogP contribution < -0.4 is 15.8 Å². The van der Waals surface area contributed by atoms with E-state index in [9.17, 15) is 4.21 Å². The third kappa shape index (κ3) is 4.43. The number of anilines is 2. The van der Waals surface area contributed by atoms with E-state index in [1.54, 1.807) is 12.3 Å². The first-order valence-electron chi connectivity index (χ1n) is 4.84. The summed E-state index contributed by atoms with van der Waals surface area (Å²) in [5.41, 5.74) is 5.50. The molecule has 0 bridgehead atoms. The van der Waals surface area contributed by atoms with Gasteiger partial charge in [-0.15, -0.1) is 0 Å². The summed E-state index contributed by atoms with van der Waals surface area (Å²) in [4.78, 5) is 7.86. The summed E-state index contributed by atoms with van der Waals surface area (Å²) in [6.07, 6.45) is 2.50. The number of hydrogen-bond donors (Lipinski definition) is 2. The van der Waals surface area contributed by atoms with E-state index in [4.69, 9.17) is 10.5 Å². The van der Waals surface area contributed by atoms with Crippen LogP contribution in [0.1, 0.15) is 6.42 Å². The molecule has 6 nitrogen and oxygen atoms in total. The van der Waals surface area contributed by atoms with Crippen molar-refractivity contribution in [2.75, 3.05) is 36.7 Å². The third-order valence-electron chi connectivity index (χ3n) is 1.84. The smallest absolute Gasteiger partial charge is 0.225 e. The Morgan fingerprint density at radius 3 is 2.94 bits per heavy atom. The molecule has 1 aromatic heterocycles. The van der Waals surface area contributed by atoms with Crippen LogP contribution in [0.3, 0.4) is 0 Å². The lowest BCUT2D eigenvalue weighted by Crippen LogP contribution is -2.09. The molecule has 0 aliphatic carbocycles. The van der Waals surface area contributed by atoms with Crippen molar-refractivity contribution in [1.82, 2.24) is 9.97 Å². The standard InChI is InChI=1S/C9H16N4O2S/c1-15-8-6-7(12-9(10)13-8)11-4-3-5-16(2)14/h6H,3-5H2,1-2H3,(H3,10,11,12,13). The molecule has 0 aliphatic rings. The summed E-state index contributed by atoms with van der Waals surface area (Å²) in [6, 6.07) is 1.67. The molecule has 3 N–H and O–H groups in total. The average molecular weight is 244 g/mol. The van der Waals surface area contributed by atoms with Crippen LogP contribution in [-0.4, -0.2) is 39.8 Å². The minimum Gasteiger partial charge on any atom is -0.481 e. The number of nitrogens with one attached hydrogen (secondary N) is 1. The Bertz CT molecular complexity index is 373. The molecule has 1 rings (SSSR count). The maximum Gasteiger partial charge on any atom is 0.225 e. The Morgan fingerprint density at radius 1 is 1.56 bits per heavy atom. The zero-order valence-corrected chi connectivity index (χ0v) is 10.2. The number of methoxy groups -OCH3 is 1. The molecule has 0 radical (unpaired) electrons. The molecule has 16 heavy (non-hydrogen) atoms. The first kappa shape index (κ1) is 12.7. The molecule has 1 atom stereocenters. The fourth-order valence-corrected chi connectivity index (χ4v) is 1.68. The maximum absolute atomic E-state index is 10.8. The Balaban J connectivity index is 2.47. The molecule has 90 valence electrons. The fourth-order valence-electron chi connectivity index (χ4n) is 1.13. The highest BCUT2D eigenvalue weighted by Gasteiger charge is 2.01. The summed E-state index contributed by atoms with van der Waals surface area (Å²) >= 11 is 0. The number of aromatic nitrogens is 2. The van der Waals surface area contributed by atoms with Gasteiger partial charge in [0.2, 0.25) is 11.8 Å². The molecule has 0 fully saturated rings. The Morgan fingerprint density at radius 2 is 2.31 bits per heavy atom. The van der Waals surface area contributed by atoms with Gasteiger partial charge in [-0.1, -0.05) is 0 Å². The lowest BCUT2D eigenvalue weighted by molar-refractivity contribution is 0.398. The monoisotopic (exact) mass is 244 g/mol. The van der Waals surface area contributed by atoms with E-state index < -0.39 is 10.8 Å². The zero-order chi connectivity index (χ0) is 12.0. The molecule has 1 heterocycles. The van der Waals surface area contributed by atoms with E-state index in [-0.39, 0.29) is 5.95 Å². The average Bonchev–Trinajstić information content (AvgIpc) is 2.23. The van der Waals surface area contributed by atoms with Gasteiger partial charge in [0.1, 0.15) is 5.82 Å². The van der Waals surface area contributed by atoms with Gasteiger partial charge in [0.15, 0.2) is 0 Å². The van der Waals surface area contributed by atoms with Crippen LogP contribution >= 0.6 is 0 Å². The van der Waals surface area contributed by atoms with Gasteiger partial charge in [-0.05, 0) is 6.42 Å². The highest BCUT2D eigenvalue weighted by molar-refractivity contribution is 7.84. The summed E-state index contributed by atoms with van der Waals surface area (Å²) in [7, 11) is 0.764. The molecule has 1 aromatic rings. The number of rotatable bonds is 6. The van der Waals surface area contributed by atoms with Gasteiger partial charge in [-0.25, -0.2) is 0 Å². The third-order valence-corrected chi connectivity index (χ3v) is 2.71. The highest BCUT2D eigenvalue weighted by Crippen LogP contribution is 2.13. The van der Waals surface area contributed by atoms with Crippen molar-refractivity contribution in [1.29, 1.82) is 0 Å². The van der Waals surface area contributed by atoms with Crippen molar-refractivity contribution in [2.24, 2.45) is 0 Å². The second kappa shape index (κ2) is 6.26. The van der Waals surface area contributed by atoms with E-state index >= 15 is 0 Å². The van der Waals surface area contributed by atoms with Crippen LogP contribution in [0.5, 0.6) is 5.88 Å². The molecule has 7 heteroatoms. The minimum atomic E-state index is -0.756. The second-order valence-electron chi connectivity index (χ2n) is 3.21. The zero-order valence-electron chi connectivity index (χ0n) is 9.40. The first-order chi connectivity index (χ1) is 7.61. The van der Waals surface area contributed by atoms with Crippen LogP contribution in [0.4, 0.5) is 11.8 Å². The fraction of sp³-hybridized carbons (Fsp3) is 0.556. The number of nitrogens with two attached hydrogens (primary N) is 1. The maximum atomic E-state index is 10.8. The van der Waals surface area contributed by atoms with Crippen molar-refractivity contribution in [3.63, 3.8) is 0 Å². The molecular formula is C9H16N4O2S. The molecule has 0 saturated carbocycles. The van der Waals surface area contributed by atoms with E-state index in [0.29, 0.717) is 24.0 Å². The first-order valence-corrected chi connectivity index (χ1v) is 6.57. The summed E-state index contributed by atoms with van der Waals surface area (Å²) in [5, 5.41) is 3.07. The number of hydrogen-bond acceptors (Lipinski definition) is 6. The topological polar surface area (TPSA) is 90.1 Å². The van der Waals surface area contributed by atoms with Gasteiger partial charge in [0, 0.05) is 35.4 Å². The summed E-state index contributed by atoms with van der Waals surface area (Å²) in [6.45, 7) is 0.694. The van der Waals surface area contributed by atoms with Gasteiger partial charge < -0.3 is 15.8 Å². The molecule has 0 aliphatic heterocycles.